The van der Waals surface area contributed by atoms with Crippen LogP contribution in [0.4, 0.5) is 0 Å². The lowest BCUT2D eigenvalue weighted by molar-refractivity contribution is -0.136. The molecule has 4 heteroatoms. The summed E-state index contributed by atoms with van der Waals surface area (Å²) in [5.74, 6) is 0.167. The van der Waals surface area contributed by atoms with Crippen LogP contribution in [0.3, 0.4) is 0 Å². The van der Waals surface area contributed by atoms with Crippen LogP contribution in [0, 0.1) is 10.8 Å². The Morgan fingerprint density at radius 2 is 1.83 bits per heavy atom. The quantitative estimate of drug-likeness (QED) is 0.746. The third-order valence-corrected chi connectivity index (χ3v) is 4.51. The van der Waals surface area contributed by atoms with Crippen molar-refractivity contribution in [3.63, 3.8) is 0 Å². The number of amides is 1. The monoisotopic (exact) mass is 254 g/mol. The Hall–Kier alpha value is -0.610. The first-order chi connectivity index (χ1) is 8.60. The molecule has 0 spiro atoms. The van der Waals surface area contributed by atoms with Gasteiger partial charge in [-0.1, -0.05) is 32.6 Å². The lowest BCUT2D eigenvalue weighted by Gasteiger charge is -2.39. The summed E-state index contributed by atoms with van der Waals surface area (Å²) < 4.78 is 5.21. The number of hydrogen-bond donors (Lipinski definition) is 2. The summed E-state index contributed by atoms with van der Waals surface area (Å²) in [6.07, 6.45) is 6.63. The molecule has 2 rings (SSSR count). The van der Waals surface area contributed by atoms with Crippen molar-refractivity contribution >= 4 is 5.91 Å². The van der Waals surface area contributed by atoms with Gasteiger partial charge in [-0.25, -0.2) is 0 Å². The summed E-state index contributed by atoms with van der Waals surface area (Å²) in [6, 6.07) is 0. The fraction of sp³-hybridized carbons (Fsp3) is 0.929. The number of carbonyl (C=O) groups excluding carboxylic acids is 1. The molecule has 18 heavy (non-hydrogen) atoms. The molecule has 104 valence electrons. The molecule has 0 radical (unpaired) electrons. The molecular formula is C14H26N2O2. The van der Waals surface area contributed by atoms with E-state index in [2.05, 4.69) is 12.2 Å². The predicted octanol–water partition coefficient (Wildman–Crippen LogP) is 1.44. The fourth-order valence-electron chi connectivity index (χ4n) is 2.96. The SMILES string of the molecule is CC1(CNC(=O)C2(CN)CCCCCC2)COC1. The highest BCUT2D eigenvalue weighted by Crippen LogP contribution is 2.35. The van der Waals surface area contributed by atoms with Crippen molar-refractivity contribution in [1.29, 1.82) is 0 Å². The highest BCUT2D eigenvalue weighted by molar-refractivity contribution is 5.83. The highest BCUT2D eigenvalue weighted by atomic mass is 16.5. The van der Waals surface area contributed by atoms with Gasteiger partial charge in [-0.2, -0.15) is 0 Å². The van der Waals surface area contributed by atoms with Gasteiger partial charge in [0.1, 0.15) is 0 Å². The van der Waals surface area contributed by atoms with E-state index in [0.29, 0.717) is 13.1 Å². The van der Waals surface area contributed by atoms with E-state index in [9.17, 15) is 4.79 Å². The largest absolute Gasteiger partial charge is 0.380 e. The summed E-state index contributed by atoms with van der Waals surface area (Å²) in [4.78, 5) is 12.5. The molecule has 3 N–H and O–H groups in total. The van der Waals surface area contributed by atoms with Gasteiger partial charge < -0.3 is 15.8 Å². The second kappa shape index (κ2) is 5.57. The highest BCUT2D eigenvalue weighted by Gasteiger charge is 2.39. The second-order valence-corrected chi connectivity index (χ2v) is 6.38. The van der Waals surface area contributed by atoms with Crippen LogP contribution in [0.5, 0.6) is 0 Å². The molecule has 0 atom stereocenters. The maximum atomic E-state index is 12.5. The van der Waals surface area contributed by atoms with Crippen molar-refractivity contribution in [3.05, 3.63) is 0 Å². The van der Waals surface area contributed by atoms with Crippen LogP contribution < -0.4 is 11.1 Å². The molecule has 1 heterocycles. The average Bonchev–Trinajstić information content (AvgIpc) is 2.59. The first kappa shape index (κ1) is 13.8. The van der Waals surface area contributed by atoms with Gasteiger partial charge in [-0.3, -0.25) is 4.79 Å². The van der Waals surface area contributed by atoms with E-state index in [4.69, 9.17) is 10.5 Å². The molecule has 0 aromatic carbocycles. The summed E-state index contributed by atoms with van der Waals surface area (Å²) in [7, 11) is 0. The van der Waals surface area contributed by atoms with E-state index in [0.717, 1.165) is 38.9 Å². The van der Waals surface area contributed by atoms with Crippen molar-refractivity contribution in [2.45, 2.75) is 45.4 Å². The molecule has 1 saturated carbocycles. The van der Waals surface area contributed by atoms with Crippen LogP contribution in [-0.2, 0) is 9.53 Å². The van der Waals surface area contributed by atoms with Crippen LogP contribution >= 0.6 is 0 Å². The van der Waals surface area contributed by atoms with Crippen molar-refractivity contribution < 1.29 is 9.53 Å². The smallest absolute Gasteiger partial charge is 0.227 e. The van der Waals surface area contributed by atoms with Gasteiger partial charge in [0, 0.05) is 18.5 Å². The molecule has 0 aromatic heterocycles. The Morgan fingerprint density at radius 3 is 2.28 bits per heavy atom. The number of rotatable bonds is 4. The maximum Gasteiger partial charge on any atom is 0.227 e. The number of ether oxygens (including phenoxy) is 1. The molecular weight excluding hydrogens is 228 g/mol. The van der Waals surface area contributed by atoms with Gasteiger partial charge in [0.05, 0.1) is 18.6 Å². The molecule has 1 aliphatic heterocycles. The minimum absolute atomic E-state index is 0.135. The van der Waals surface area contributed by atoms with E-state index < -0.39 is 0 Å². The Morgan fingerprint density at radius 1 is 1.22 bits per heavy atom. The molecule has 0 bridgehead atoms. The van der Waals surface area contributed by atoms with E-state index in [1.54, 1.807) is 0 Å². The van der Waals surface area contributed by atoms with Crippen molar-refractivity contribution in [1.82, 2.24) is 5.32 Å². The summed E-state index contributed by atoms with van der Waals surface area (Å²) in [6.45, 7) is 4.85. The van der Waals surface area contributed by atoms with Crippen molar-refractivity contribution in [2.24, 2.45) is 16.6 Å². The topological polar surface area (TPSA) is 64.4 Å². The molecule has 2 aliphatic rings. The molecule has 4 nitrogen and oxygen atoms in total. The fourth-order valence-corrected chi connectivity index (χ4v) is 2.96. The predicted molar refractivity (Wildman–Crippen MR) is 71.1 cm³/mol. The summed E-state index contributed by atoms with van der Waals surface area (Å²) in [5, 5.41) is 3.12. The third-order valence-electron chi connectivity index (χ3n) is 4.51. The minimum atomic E-state index is -0.308. The van der Waals surface area contributed by atoms with Crippen LogP contribution in [0.1, 0.15) is 45.4 Å². The maximum absolute atomic E-state index is 12.5. The summed E-state index contributed by atoms with van der Waals surface area (Å²) >= 11 is 0. The zero-order chi connectivity index (χ0) is 13.1. The lowest BCUT2D eigenvalue weighted by Crippen LogP contribution is -2.53. The van der Waals surface area contributed by atoms with Gasteiger partial charge in [0.25, 0.3) is 0 Å². The lowest BCUT2D eigenvalue weighted by atomic mass is 9.79. The minimum Gasteiger partial charge on any atom is -0.380 e. The molecule has 1 saturated heterocycles. The molecule has 1 aliphatic carbocycles. The van der Waals surface area contributed by atoms with Gasteiger partial charge in [-0.05, 0) is 12.8 Å². The molecule has 0 aromatic rings. The standard InChI is InChI=1S/C14H26N2O2/c1-13(10-18-11-13)9-16-12(17)14(8-15)6-4-2-3-5-7-14/h2-11,15H2,1H3,(H,16,17). The van der Waals surface area contributed by atoms with Gasteiger partial charge in [-0.15, -0.1) is 0 Å². The first-order valence-corrected chi connectivity index (χ1v) is 7.16. The average molecular weight is 254 g/mol. The molecule has 2 fully saturated rings. The third kappa shape index (κ3) is 2.86. The van der Waals surface area contributed by atoms with Crippen molar-refractivity contribution in [2.75, 3.05) is 26.3 Å². The number of nitrogens with one attached hydrogen (secondary N) is 1. The van der Waals surface area contributed by atoms with E-state index in [-0.39, 0.29) is 16.7 Å². The Kier molecular flexibility index (Phi) is 4.28. The van der Waals surface area contributed by atoms with Crippen LogP contribution in [0.15, 0.2) is 0 Å². The van der Waals surface area contributed by atoms with Crippen LogP contribution in [0.25, 0.3) is 0 Å². The first-order valence-electron chi connectivity index (χ1n) is 7.16. The second-order valence-electron chi connectivity index (χ2n) is 6.38. The zero-order valence-electron chi connectivity index (χ0n) is 11.5. The van der Waals surface area contributed by atoms with Gasteiger partial charge in [0.15, 0.2) is 0 Å². The molecule has 1 amide bonds. The molecule has 0 unspecified atom stereocenters. The Balaban J connectivity index is 1.91. The number of nitrogens with two attached hydrogens (primary N) is 1. The zero-order valence-corrected chi connectivity index (χ0v) is 11.5. The Labute approximate surface area is 110 Å². The normalized spacial score (nSPS) is 25.9. The van der Waals surface area contributed by atoms with Gasteiger partial charge in [0.2, 0.25) is 5.91 Å². The Bertz CT molecular complexity index is 292. The number of hydrogen-bond acceptors (Lipinski definition) is 3. The van der Waals surface area contributed by atoms with Crippen LogP contribution in [0.2, 0.25) is 0 Å². The van der Waals surface area contributed by atoms with Crippen LogP contribution in [-0.4, -0.2) is 32.2 Å². The van der Waals surface area contributed by atoms with E-state index in [1.165, 1.54) is 12.8 Å². The van der Waals surface area contributed by atoms with Crippen molar-refractivity contribution in [3.8, 4) is 0 Å². The van der Waals surface area contributed by atoms with Gasteiger partial charge >= 0.3 is 0 Å². The summed E-state index contributed by atoms with van der Waals surface area (Å²) in [5.41, 5.74) is 5.74. The van der Waals surface area contributed by atoms with E-state index >= 15 is 0 Å². The van der Waals surface area contributed by atoms with E-state index in [1.807, 2.05) is 0 Å². The number of carbonyl (C=O) groups is 1.